The molecule has 27 heavy (non-hydrogen) atoms. The van der Waals surface area contributed by atoms with Crippen molar-refractivity contribution < 1.29 is 23.5 Å². The van der Waals surface area contributed by atoms with Crippen molar-refractivity contribution in [2.24, 2.45) is 4.99 Å². The van der Waals surface area contributed by atoms with Crippen LogP contribution in [0.5, 0.6) is 0 Å². The van der Waals surface area contributed by atoms with E-state index in [2.05, 4.69) is 15.6 Å². The van der Waals surface area contributed by atoms with Crippen LogP contribution in [0.15, 0.2) is 23.2 Å². The highest BCUT2D eigenvalue weighted by Gasteiger charge is 2.21. The van der Waals surface area contributed by atoms with Crippen LogP contribution in [-0.4, -0.2) is 29.3 Å². The maximum atomic E-state index is 13.4. The molecule has 1 rings (SSSR count). The first-order valence-electron chi connectivity index (χ1n) is 8.23. The molecule has 0 radical (unpaired) electrons. The van der Waals surface area contributed by atoms with Crippen LogP contribution >= 0.6 is 22.6 Å². The van der Waals surface area contributed by atoms with Gasteiger partial charge in [-0.2, -0.15) is 0 Å². The SMILES string of the molecule is CC(C)(C)OC(=O)NC(=NCc1ccc([18F])c(I)c1)NC(=O)OC(C)(C)C. The average Bonchev–Trinajstić information content (AvgIpc) is 2.44. The summed E-state index contributed by atoms with van der Waals surface area (Å²) >= 11 is 1.87. The van der Waals surface area contributed by atoms with Gasteiger partial charge in [0.05, 0.1) is 6.54 Å². The number of aliphatic imine (C=N–C) groups is 1. The van der Waals surface area contributed by atoms with Crippen molar-refractivity contribution in [1.82, 2.24) is 10.6 Å². The third-order valence-electron chi connectivity index (χ3n) is 2.64. The second-order valence-electron chi connectivity index (χ2n) is 7.67. The molecule has 2 amide bonds. The Morgan fingerprint density at radius 1 is 1.04 bits per heavy atom. The van der Waals surface area contributed by atoms with E-state index in [1.165, 1.54) is 6.07 Å². The summed E-state index contributed by atoms with van der Waals surface area (Å²) in [4.78, 5) is 28.1. The molecule has 0 aliphatic carbocycles. The lowest BCUT2D eigenvalue weighted by atomic mass is 10.2. The summed E-state index contributed by atoms with van der Waals surface area (Å²) in [7, 11) is 0. The number of halogens is 2. The van der Waals surface area contributed by atoms with Gasteiger partial charge in [0, 0.05) is 3.57 Å². The van der Waals surface area contributed by atoms with E-state index in [1.54, 1.807) is 53.7 Å². The van der Waals surface area contributed by atoms with Gasteiger partial charge in [-0.25, -0.2) is 19.0 Å². The zero-order valence-electron chi connectivity index (χ0n) is 16.3. The molecule has 0 unspecified atom stereocenters. The molecular weight excluding hydrogens is 467 g/mol. The highest BCUT2D eigenvalue weighted by Crippen LogP contribution is 2.13. The van der Waals surface area contributed by atoms with Crippen molar-refractivity contribution in [3.63, 3.8) is 0 Å². The number of amides is 2. The minimum atomic E-state index is -0.772. The number of guanidine groups is 1. The Kier molecular flexibility index (Phi) is 8.00. The molecule has 0 aliphatic heterocycles. The summed E-state index contributed by atoms with van der Waals surface area (Å²) in [6.45, 7) is 10.4. The Bertz CT molecular complexity index is 692. The number of hydrogen-bond donors (Lipinski definition) is 2. The van der Waals surface area contributed by atoms with Crippen LogP contribution < -0.4 is 10.6 Å². The molecule has 0 aromatic heterocycles. The molecule has 0 fully saturated rings. The topological polar surface area (TPSA) is 89.0 Å². The molecule has 0 aliphatic rings. The van der Waals surface area contributed by atoms with Crippen LogP contribution in [0, 0.1) is 9.39 Å². The van der Waals surface area contributed by atoms with E-state index in [-0.39, 0.29) is 18.3 Å². The molecule has 0 spiro atoms. The van der Waals surface area contributed by atoms with Gasteiger partial charge < -0.3 is 9.47 Å². The Morgan fingerprint density at radius 2 is 1.52 bits per heavy atom. The number of ether oxygens (including phenoxy) is 2. The molecule has 0 saturated heterocycles. The van der Waals surface area contributed by atoms with Crippen LogP contribution in [0.4, 0.5) is 14.0 Å². The molecule has 2 N–H and O–H groups in total. The van der Waals surface area contributed by atoms with Gasteiger partial charge in [0.1, 0.15) is 17.0 Å². The Labute approximate surface area is 172 Å². The van der Waals surface area contributed by atoms with Crippen molar-refractivity contribution in [1.29, 1.82) is 0 Å². The lowest BCUT2D eigenvalue weighted by Gasteiger charge is -2.22. The minimum absolute atomic E-state index is 0.108. The zero-order chi connectivity index (χ0) is 20.8. The largest absolute Gasteiger partial charge is 0.444 e. The van der Waals surface area contributed by atoms with Gasteiger partial charge in [-0.15, -0.1) is 0 Å². The minimum Gasteiger partial charge on any atom is -0.444 e. The first-order valence-corrected chi connectivity index (χ1v) is 9.31. The standard InChI is InChI=1S/C18H25FIN3O4/c1-17(2,3)26-15(24)22-14(23-16(25)27-18(4,5)6)21-10-11-7-8-12(19)13(20)9-11/h7-9H,10H2,1-6H3,(H2,21,22,23,24,25)/i19-1. The predicted octanol–water partition coefficient (Wildman–Crippen LogP) is 4.34. The monoisotopic (exact) mass is 492 g/mol. The first kappa shape index (κ1) is 23.1. The van der Waals surface area contributed by atoms with Crippen molar-refractivity contribution >= 4 is 40.7 Å². The van der Waals surface area contributed by atoms with Gasteiger partial charge in [0.15, 0.2) is 0 Å². The van der Waals surface area contributed by atoms with Gasteiger partial charge in [0.25, 0.3) is 0 Å². The lowest BCUT2D eigenvalue weighted by Crippen LogP contribution is -2.47. The Hall–Kier alpha value is -1.91. The quantitative estimate of drug-likeness (QED) is 0.366. The second kappa shape index (κ2) is 9.34. The summed E-state index contributed by atoms with van der Waals surface area (Å²) in [5.74, 6) is -0.458. The van der Waals surface area contributed by atoms with E-state index in [9.17, 15) is 14.0 Å². The molecule has 0 bridgehead atoms. The second-order valence-corrected chi connectivity index (χ2v) is 8.83. The van der Waals surface area contributed by atoms with E-state index in [4.69, 9.17) is 9.47 Å². The van der Waals surface area contributed by atoms with Crippen LogP contribution in [-0.2, 0) is 16.0 Å². The maximum absolute atomic E-state index is 13.4. The summed E-state index contributed by atoms with van der Waals surface area (Å²) in [6, 6.07) is 4.52. The van der Waals surface area contributed by atoms with Gasteiger partial charge in [-0.3, -0.25) is 10.6 Å². The molecule has 7 nitrogen and oxygen atoms in total. The fourth-order valence-corrected chi connectivity index (χ4v) is 2.30. The normalized spacial score (nSPS) is 11.4. The molecule has 150 valence electrons. The van der Waals surface area contributed by atoms with Crippen LogP contribution in [0.1, 0.15) is 47.1 Å². The first-order chi connectivity index (χ1) is 12.2. The van der Waals surface area contributed by atoms with E-state index >= 15 is 0 Å². The van der Waals surface area contributed by atoms with Crippen LogP contribution in [0.3, 0.4) is 0 Å². The van der Waals surface area contributed by atoms with Gasteiger partial charge in [-0.05, 0) is 81.8 Å². The third-order valence-corrected chi connectivity index (χ3v) is 3.47. The van der Waals surface area contributed by atoms with E-state index in [0.29, 0.717) is 9.13 Å². The van der Waals surface area contributed by atoms with Gasteiger partial charge in [-0.1, -0.05) is 6.07 Å². The number of carbonyl (C=O) groups excluding carboxylic acids is 2. The van der Waals surface area contributed by atoms with Crippen LogP contribution in [0.25, 0.3) is 0 Å². The molecule has 0 atom stereocenters. The highest BCUT2D eigenvalue weighted by atomic mass is 127. The van der Waals surface area contributed by atoms with Gasteiger partial charge >= 0.3 is 12.2 Å². The fourth-order valence-electron chi connectivity index (χ4n) is 1.72. The lowest BCUT2D eigenvalue weighted by molar-refractivity contribution is 0.0545. The molecule has 0 saturated carbocycles. The third kappa shape index (κ3) is 10.1. The number of rotatable bonds is 2. The summed E-state index contributed by atoms with van der Waals surface area (Å²) in [5.41, 5.74) is -0.724. The van der Waals surface area contributed by atoms with Gasteiger partial charge in [0.2, 0.25) is 5.96 Å². The number of nitrogens with one attached hydrogen (secondary N) is 2. The smallest absolute Gasteiger partial charge is 0.414 e. The number of carbonyl (C=O) groups is 2. The van der Waals surface area contributed by atoms with Crippen molar-refractivity contribution in [3.05, 3.63) is 33.1 Å². The zero-order valence-corrected chi connectivity index (χ0v) is 18.4. The Balaban J connectivity index is 2.92. The Morgan fingerprint density at radius 3 is 1.93 bits per heavy atom. The number of benzene rings is 1. The van der Waals surface area contributed by atoms with E-state index in [1.807, 2.05) is 22.6 Å². The van der Waals surface area contributed by atoms with Crippen molar-refractivity contribution in [3.8, 4) is 0 Å². The van der Waals surface area contributed by atoms with Crippen LogP contribution in [0.2, 0.25) is 0 Å². The van der Waals surface area contributed by atoms with E-state index in [0.717, 1.165) is 0 Å². The highest BCUT2D eigenvalue weighted by molar-refractivity contribution is 14.1. The molecule has 1 aromatic carbocycles. The fraction of sp³-hybridized carbons (Fsp3) is 0.500. The number of hydrogen-bond acceptors (Lipinski definition) is 5. The predicted molar refractivity (Wildman–Crippen MR) is 109 cm³/mol. The summed E-state index contributed by atoms with van der Waals surface area (Å²) in [6.07, 6.45) is -1.54. The molecule has 9 heteroatoms. The van der Waals surface area contributed by atoms with E-state index < -0.39 is 23.4 Å². The number of alkyl carbamates (subject to hydrolysis) is 2. The average molecular weight is 492 g/mol. The summed E-state index contributed by atoms with van der Waals surface area (Å²) < 4.78 is 24.1. The number of nitrogens with zero attached hydrogens (tertiary/aromatic N) is 1. The molecule has 1 aromatic rings. The maximum Gasteiger partial charge on any atom is 0.414 e. The van der Waals surface area contributed by atoms with Crippen molar-refractivity contribution in [2.45, 2.75) is 59.3 Å². The van der Waals surface area contributed by atoms with Crippen molar-refractivity contribution in [2.75, 3.05) is 0 Å². The molecule has 0 heterocycles. The summed E-state index contributed by atoms with van der Waals surface area (Å²) in [5, 5.41) is 4.77. The molecular formula is C18H25FIN3O4.